The predicted molar refractivity (Wildman–Crippen MR) is 103 cm³/mol. The Hall–Kier alpha value is -2.35. The molecule has 8 heteroatoms. The van der Waals surface area contributed by atoms with Crippen LogP contribution in [0.15, 0.2) is 30.3 Å². The zero-order valence-electron chi connectivity index (χ0n) is 15.2. The largest absolute Gasteiger partial charge is 0.489 e. The van der Waals surface area contributed by atoms with Crippen LogP contribution >= 0.6 is 0 Å². The van der Waals surface area contributed by atoms with Crippen LogP contribution in [0.2, 0.25) is 0 Å². The number of nitrogens with zero attached hydrogens (tertiary/aromatic N) is 2. The molecule has 1 aliphatic rings. The number of benzene rings is 1. The molecule has 1 atom stereocenters. The lowest BCUT2D eigenvalue weighted by molar-refractivity contribution is 0.244. The maximum absolute atomic E-state index is 11.6. The fourth-order valence-corrected chi connectivity index (χ4v) is 4.53. The van der Waals surface area contributed by atoms with Gasteiger partial charge in [-0.25, -0.2) is 13.4 Å². The van der Waals surface area contributed by atoms with Crippen LogP contribution < -0.4 is 15.4 Å². The first-order valence-corrected chi connectivity index (χ1v) is 10.5. The maximum atomic E-state index is 11.6. The van der Waals surface area contributed by atoms with Gasteiger partial charge in [0.15, 0.2) is 9.84 Å². The Morgan fingerprint density at radius 1 is 1.23 bits per heavy atom. The summed E-state index contributed by atoms with van der Waals surface area (Å²) in [4.78, 5) is 8.85. The molecule has 1 fully saturated rings. The number of aryl methyl sites for hydroxylation is 1. The molecular weight excluding hydrogens is 352 g/mol. The summed E-state index contributed by atoms with van der Waals surface area (Å²) >= 11 is 0. The van der Waals surface area contributed by atoms with Gasteiger partial charge in [-0.05, 0) is 39.3 Å². The van der Waals surface area contributed by atoms with Crippen LogP contribution in [0.1, 0.15) is 26.0 Å². The molecule has 3 rings (SSSR count). The summed E-state index contributed by atoms with van der Waals surface area (Å²) in [6.07, 6.45) is 0.639. The third kappa shape index (κ3) is 4.85. The van der Waals surface area contributed by atoms with E-state index >= 15 is 0 Å². The Bertz CT molecular complexity index is 884. The van der Waals surface area contributed by atoms with Crippen molar-refractivity contribution < 1.29 is 13.2 Å². The summed E-state index contributed by atoms with van der Waals surface area (Å²) in [5.41, 5.74) is 1.60. The minimum atomic E-state index is -2.95. The molecule has 2 N–H and O–H groups in total. The van der Waals surface area contributed by atoms with Gasteiger partial charge in [0.1, 0.15) is 11.6 Å². The average molecular weight is 376 g/mol. The second-order valence-electron chi connectivity index (χ2n) is 6.75. The van der Waals surface area contributed by atoms with Gasteiger partial charge >= 0.3 is 0 Å². The van der Waals surface area contributed by atoms with Crippen LogP contribution in [-0.4, -0.2) is 42.0 Å². The number of ether oxygens (including phenoxy) is 1. The first-order valence-electron chi connectivity index (χ1n) is 8.66. The van der Waals surface area contributed by atoms with E-state index in [1.165, 1.54) is 0 Å². The molecule has 1 saturated heterocycles. The molecule has 1 aromatic carbocycles. The molecule has 7 nitrogen and oxygen atoms in total. The molecular formula is C18H24N4O3S. The summed E-state index contributed by atoms with van der Waals surface area (Å²) < 4.78 is 29.1. The summed E-state index contributed by atoms with van der Waals surface area (Å²) in [6, 6.07) is 9.35. The maximum Gasteiger partial charge on any atom is 0.225 e. The number of nitrogens with one attached hydrogen (secondary N) is 2. The van der Waals surface area contributed by atoms with Crippen molar-refractivity contribution in [1.29, 1.82) is 0 Å². The minimum Gasteiger partial charge on any atom is -0.489 e. The van der Waals surface area contributed by atoms with Crippen molar-refractivity contribution in [3.05, 3.63) is 36.0 Å². The zero-order chi connectivity index (χ0) is 18.7. The van der Waals surface area contributed by atoms with E-state index in [9.17, 15) is 8.42 Å². The zero-order valence-corrected chi connectivity index (χ0v) is 16.0. The molecule has 26 heavy (non-hydrogen) atoms. The van der Waals surface area contributed by atoms with E-state index in [2.05, 4.69) is 20.6 Å². The second kappa shape index (κ2) is 7.49. The second-order valence-corrected chi connectivity index (χ2v) is 8.98. The lowest BCUT2D eigenvalue weighted by Crippen LogP contribution is -2.22. The van der Waals surface area contributed by atoms with Gasteiger partial charge < -0.3 is 15.4 Å². The quantitative estimate of drug-likeness (QED) is 0.800. The molecule has 1 aromatic heterocycles. The fourth-order valence-electron chi connectivity index (χ4n) is 2.85. The monoisotopic (exact) mass is 376 g/mol. The number of aromatic nitrogens is 2. The Morgan fingerprint density at radius 2 is 2.00 bits per heavy atom. The van der Waals surface area contributed by atoms with Crippen molar-refractivity contribution in [2.24, 2.45) is 0 Å². The lowest BCUT2D eigenvalue weighted by atomic mass is 10.2. The molecule has 0 spiro atoms. The van der Waals surface area contributed by atoms with Crippen LogP contribution in [0.25, 0.3) is 0 Å². The molecule has 2 heterocycles. The third-order valence-electron chi connectivity index (χ3n) is 3.93. The minimum absolute atomic E-state index is 0.0617. The number of hydrogen-bond acceptors (Lipinski definition) is 7. The van der Waals surface area contributed by atoms with E-state index in [0.717, 1.165) is 17.1 Å². The van der Waals surface area contributed by atoms with Crippen LogP contribution in [0.3, 0.4) is 0 Å². The van der Waals surface area contributed by atoms with Gasteiger partial charge in [0.2, 0.25) is 5.95 Å². The van der Waals surface area contributed by atoms with Crippen molar-refractivity contribution >= 4 is 27.3 Å². The molecule has 0 aliphatic carbocycles. The van der Waals surface area contributed by atoms with E-state index in [1.807, 2.05) is 51.1 Å². The van der Waals surface area contributed by atoms with Crippen molar-refractivity contribution in [2.45, 2.75) is 39.3 Å². The normalized spacial score (nSPS) is 18.7. The lowest BCUT2D eigenvalue weighted by Gasteiger charge is -2.16. The molecule has 0 bridgehead atoms. The number of sulfone groups is 1. The highest BCUT2D eigenvalue weighted by atomic mass is 32.2. The first kappa shape index (κ1) is 18.4. The van der Waals surface area contributed by atoms with E-state index in [1.54, 1.807) is 0 Å². The van der Waals surface area contributed by atoms with E-state index in [4.69, 9.17) is 4.74 Å². The van der Waals surface area contributed by atoms with Crippen LogP contribution in [0.5, 0.6) is 5.75 Å². The van der Waals surface area contributed by atoms with E-state index in [-0.39, 0.29) is 23.7 Å². The smallest absolute Gasteiger partial charge is 0.225 e. The topological polar surface area (TPSA) is 93.2 Å². The van der Waals surface area contributed by atoms with Crippen molar-refractivity contribution in [3.8, 4) is 5.75 Å². The van der Waals surface area contributed by atoms with Crippen molar-refractivity contribution in [3.63, 3.8) is 0 Å². The Balaban J connectivity index is 1.78. The summed E-state index contributed by atoms with van der Waals surface area (Å²) in [6.45, 7) is 5.83. The highest BCUT2D eigenvalue weighted by Gasteiger charge is 2.28. The van der Waals surface area contributed by atoms with Crippen LogP contribution in [-0.2, 0) is 9.84 Å². The van der Waals surface area contributed by atoms with Gasteiger partial charge in [0, 0.05) is 17.8 Å². The molecule has 140 valence electrons. The first-order chi connectivity index (χ1) is 12.3. The number of anilines is 3. The van der Waals surface area contributed by atoms with E-state index in [0.29, 0.717) is 18.2 Å². The summed E-state index contributed by atoms with van der Waals surface area (Å²) in [7, 11) is -2.95. The Morgan fingerprint density at radius 3 is 2.69 bits per heavy atom. The summed E-state index contributed by atoms with van der Waals surface area (Å²) in [5.74, 6) is 2.13. The fraction of sp³-hybridized carbons (Fsp3) is 0.444. The van der Waals surface area contributed by atoms with Gasteiger partial charge in [-0.3, -0.25) is 0 Å². The van der Waals surface area contributed by atoms with Crippen LogP contribution in [0, 0.1) is 6.92 Å². The standard InChI is InChI=1S/C18H24N4O3S/c1-12(2)25-16-7-5-4-6-15(16)21-17-10-13(3)19-18(22-17)20-14-8-9-26(23,24)11-14/h4-7,10,12,14H,8-9,11H2,1-3H3,(H2,19,20,21,22). The molecule has 1 unspecified atom stereocenters. The number of rotatable bonds is 6. The van der Waals surface area contributed by atoms with Gasteiger partial charge in [-0.1, -0.05) is 12.1 Å². The highest BCUT2D eigenvalue weighted by Crippen LogP contribution is 2.28. The van der Waals surface area contributed by atoms with Crippen molar-refractivity contribution in [1.82, 2.24) is 9.97 Å². The summed E-state index contributed by atoms with van der Waals surface area (Å²) in [5, 5.41) is 6.40. The van der Waals surface area contributed by atoms with Crippen LogP contribution in [0.4, 0.5) is 17.5 Å². The van der Waals surface area contributed by atoms with Gasteiger partial charge in [0.25, 0.3) is 0 Å². The molecule has 0 saturated carbocycles. The van der Waals surface area contributed by atoms with Crippen molar-refractivity contribution in [2.75, 3.05) is 22.1 Å². The van der Waals surface area contributed by atoms with Gasteiger partial charge in [0.05, 0.1) is 23.3 Å². The Labute approximate surface area is 154 Å². The third-order valence-corrected chi connectivity index (χ3v) is 5.70. The number of para-hydroxylation sites is 2. The molecule has 2 aromatic rings. The highest BCUT2D eigenvalue weighted by molar-refractivity contribution is 7.91. The SMILES string of the molecule is Cc1cc(Nc2ccccc2OC(C)C)nc(NC2CCS(=O)(=O)C2)n1. The Kier molecular flexibility index (Phi) is 5.31. The molecule has 0 amide bonds. The number of hydrogen-bond donors (Lipinski definition) is 2. The van der Waals surface area contributed by atoms with E-state index < -0.39 is 9.84 Å². The van der Waals surface area contributed by atoms with Gasteiger partial charge in [-0.2, -0.15) is 4.98 Å². The average Bonchev–Trinajstić information content (AvgIpc) is 2.87. The van der Waals surface area contributed by atoms with Gasteiger partial charge in [-0.15, -0.1) is 0 Å². The predicted octanol–water partition coefficient (Wildman–Crippen LogP) is 2.91. The molecule has 1 aliphatic heterocycles. The molecule has 0 radical (unpaired) electrons.